The number of esters is 2. The van der Waals surface area contributed by atoms with Crippen molar-refractivity contribution in [3.05, 3.63) is 17.0 Å². The first kappa shape index (κ1) is 15.2. The molecule has 0 amide bonds. The van der Waals surface area contributed by atoms with Crippen molar-refractivity contribution in [2.24, 2.45) is 5.92 Å². The SMILES string of the molecule is CCOC(=O)C(Cc1c(C)noc1C)C(=O)OCC. The summed E-state index contributed by atoms with van der Waals surface area (Å²) in [6, 6.07) is 0. The number of carbonyl (C=O) groups is 2. The first-order valence-electron chi connectivity index (χ1n) is 6.26. The number of rotatable bonds is 6. The summed E-state index contributed by atoms with van der Waals surface area (Å²) in [6.45, 7) is 7.32. The monoisotopic (exact) mass is 269 g/mol. The van der Waals surface area contributed by atoms with E-state index in [9.17, 15) is 9.59 Å². The fourth-order valence-electron chi connectivity index (χ4n) is 1.75. The minimum Gasteiger partial charge on any atom is -0.465 e. The molecule has 0 N–H and O–H groups in total. The number of aryl methyl sites for hydroxylation is 2. The van der Waals surface area contributed by atoms with E-state index in [4.69, 9.17) is 14.0 Å². The summed E-state index contributed by atoms with van der Waals surface area (Å²) in [5.74, 6) is -1.55. The zero-order chi connectivity index (χ0) is 14.4. The van der Waals surface area contributed by atoms with Gasteiger partial charge in [-0.1, -0.05) is 5.16 Å². The van der Waals surface area contributed by atoms with E-state index >= 15 is 0 Å². The zero-order valence-corrected chi connectivity index (χ0v) is 11.7. The number of hydrogen-bond donors (Lipinski definition) is 0. The highest BCUT2D eigenvalue weighted by molar-refractivity contribution is 5.95. The molecule has 0 unspecified atom stereocenters. The average molecular weight is 269 g/mol. The van der Waals surface area contributed by atoms with Crippen molar-refractivity contribution < 1.29 is 23.6 Å². The molecule has 1 heterocycles. The van der Waals surface area contributed by atoms with Gasteiger partial charge >= 0.3 is 11.9 Å². The Balaban J connectivity index is 2.91. The van der Waals surface area contributed by atoms with Crippen LogP contribution in [0.25, 0.3) is 0 Å². The summed E-state index contributed by atoms with van der Waals surface area (Å²) in [6.07, 6.45) is 0.179. The molecule has 0 atom stereocenters. The number of aromatic nitrogens is 1. The second kappa shape index (κ2) is 6.92. The van der Waals surface area contributed by atoms with E-state index in [0.717, 1.165) is 5.56 Å². The fourth-order valence-corrected chi connectivity index (χ4v) is 1.75. The van der Waals surface area contributed by atoms with E-state index in [1.54, 1.807) is 27.7 Å². The van der Waals surface area contributed by atoms with Crippen molar-refractivity contribution in [1.29, 1.82) is 0 Å². The Morgan fingerprint density at radius 2 is 1.68 bits per heavy atom. The van der Waals surface area contributed by atoms with Gasteiger partial charge in [-0.25, -0.2) is 0 Å². The molecule has 6 heteroatoms. The molecule has 0 aliphatic rings. The lowest BCUT2D eigenvalue weighted by molar-refractivity contribution is -0.161. The molecule has 0 saturated heterocycles. The van der Waals surface area contributed by atoms with Crippen LogP contribution in [-0.2, 0) is 25.5 Å². The Morgan fingerprint density at radius 1 is 1.16 bits per heavy atom. The topological polar surface area (TPSA) is 78.6 Å². The average Bonchev–Trinajstić information content (AvgIpc) is 2.67. The molecule has 0 aromatic carbocycles. The Bertz CT molecular complexity index is 414. The predicted octanol–water partition coefficient (Wildman–Crippen LogP) is 1.58. The van der Waals surface area contributed by atoms with Crippen LogP contribution in [0.1, 0.15) is 30.9 Å². The number of nitrogens with zero attached hydrogens (tertiary/aromatic N) is 1. The Kier molecular flexibility index (Phi) is 5.54. The van der Waals surface area contributed by atoms with E-state index in [-0.39, 0.29) is 19.6 Å². The minimum absolute atomic E-state index is 0.179. The van der Waals surface area contributed by atoms with Crippen molar-refractivity contribution in [3.63, 3.8) is 0 Å². The highest BCUT2D eigenvalue weighted by Crippen LogP contribution is 2.19. The van der Waals surface area contributed by atoms with Gasteiger partial charge in [0.25, 0.3) is 0 Å². The highest BCUT2D eigenvalue weighted by Gasteiger charge is 2.31. The van der Waals surface area contributed by atoms with E-state index in [1.165, 1.54) is 0 Å². The number of ether oxygens (including phenoxy) is 2. The molecule has 0 spiro atoms. The molecule has 19 heavy (non-hydrogen) atoms. The minimum atomic E-state index is -0.975. The van der Waals surface area contributed by atoms with Crippen LogP contribution in [0, 0.1) is 19.8 Å². The lowest BCUT2D eigenvalue weighted by Crippen LogP contribution is -2.30. The van der Waals surface area contributed by atoms with Gasteiger partial charge in [0.1, 0.15) is 5.76 Å². The summed E-state index contributed by atoms with van der Waals surface area (Å²) < 4.78 is 14.8. The zero-order valence-electron chi connectivity index (χ0n) is 11.7. The molecular weight excluding hydrogens is 250 g/mol. The van der Waals surface area contributed by atoms with Crippen LogP contribution in [-0.4, -0.2) is 30.3 Å². The third-order valence-corrected chi connectivity index (χ3v) is 2.73. The van der Waals surface area contributed by atoms with Gasteiger partial charge in [0, 0.05) is 12.0 Å². The molecule has 106 valence electrons. The predicted molar refractivity (Wildman–Crippen MR) is 66.4 cm³/mol. The van der Waals surface area contributed by atoms with E-state index in [2.05, 4.69) is 5.16 Å². The van der Waals surface area contributed by atoms with Crippen molar-refractivity contribution in [3.8, 4) is 0 Å². The molecule has 1 aromatic rings. The van der Waals surface area contributed by atoms with Crippen molar-refractivity contribution in [2.75, 3.05) is 13.2 Å². The lowest BCUT2D eigenvalue weighted by atomic mass is 9.98. The van der Waals surface area contributed by atoms with Gasteiger partial charge in [0.05, 0.1) is 18.9 Å². The smallest absolute Gasteiger partial charge is 0.320 e. The second-order valence-corrected chi connectivity index (χ2v) is 4.06. The normalized spacial score (nSPS) is 10.6. The van der Waals surface area contributed by atoms with Gasteiger partial charge in [0.15, 0.2) is 5.92 Å². The molecule has 0 aliphatic heterocycles. The molecule has 6 nitrogen and oxygen atoms in total. The van der Waals surface area contributed by atoms with Crippen LogP contribution in [0.4, 0.5) is 0 Å². The quantitative estimate of drug-likeness (QED) is 0.576. The number of carbonyl (C=O) groups excluding carboxylic acids is 2. The summed E-state index contributed by atoms with van der Waals surface area (Å²) in [5.41, 5.74) is 1.40. The maximum Gasteiger partial charge on any atom is 0.320 e. The third-order valence-electron chi connectivity index (χ3n) is 2.73. The summed E-state index contributed by atoms with van der Waals surface area (Å²) in [4.78, 5) is 23.7. The van der Waals surface area contributed by atoms with Crippen LogP contribution in [0.5, 0.6) is 0 Å². The molecule has 1 aromatic heterocycles. The van der Waals surface area contributed by atoms with Gasteiger partial charge in [-0.05, 0) is 27.7 Å². The van der Waals surface area contributed by atoms with Crippen LogP contribution < -0.4 is 0 Å². The molecule has 0 aliphatic carbocycles. The lowest BCUT2D eigenvalue weighted by Gasteiger charge is -2.14. The van der Waals surface area contributed by atoms with Crippen LogP contribution in [0.15, 0.2) is 4.52 Å². The molecule has 0 bridgehead atoms. The molecule has 0 saturated carbocycles. The molecule has 0 fully saturated rings. The van der Waals surface area contributed by atoms with E-state index in [1.807, 2.05) is 0 Å². The van der Waals surface area contributed by atoms with Crippen LogP contribution in [0.3, 0.4) is 0 Å². The molecule has 0 radical (unpaired) electrons. The summed E-state index contributed by atoms with van der Waals surface area (Å²) in [5, 5.41) is 3.80. The van der Waals surface area contributed by atoms with Crippen LogP contribution >= 0.6 is 0 Å². The van der Waals surface area contributed by atoms with E-state index in [0.29, 0.717) is 11.5 Å². The fraction of sp³-hybridized carbons (Fsp3) is 0.615. The summed E-state index contributed by atoms with van der Waals surface area (Å²) >= 11 is 0. The Hall–Kier alpha value is -1.85. The first-order chi connectivity index (χ1) is 9.01. The van der Waals surface area contributed by atoms with Gasteiger partial charge in [-0.2, -0.15) is 0 Å². The third kappa shape index (κ3) is 3.81. The van der Waals surface area contributed by atoms with Gasteiger partial charge < -0.3 is 14.0 Å². The van der Waals surface area contributed by atoms with E-state index < -0.39 is 17.9 Å². The van der Waals surface area contributed by atoms with Crippen LogP contribution in [0.2, 0.25) is 0 Å². The first-order valence-corrected chi connectivity index (χ1v) is 6.26. The summed E-state index contributed by atoms with van der Waals surface area (Å²) in [7, 11) is 0. The van der Waals surface area contributed by atoms with Gasteiger partial charge in [-0.15, -0.1) is 0 Å². The maximum absolute atomic E-state index is 11.8. The van der Waals surface area contributed by atoms with Gasteiger partial charge in [-0.3, -0.25) is 9.59 Å². The molecular formula is C13H19NO5. The van der Waals surface area contributed by atoms with Crippen molar-refractivity contribution in [1.82, 2.24) is 5.16 Å². The largest absolute Gasteiger partial charge is 0.465 e. The Morgan fingerprint density at radius 3 is 2.05 bits per heavy atom. The van der Waals surface area contributed by atoms with Gasteiger partial charge in [0.2, 0.25) is 0 Å². The van der Waals surface area contributed by atoms with Crippen molar-refractivity contribution >= 4 is 11.9 Å². The molecule has 1 rings (SSSR count). The Labute approximate surface area is 112 Å². The number of hydrogen-bond acceptors (Lipinski definition) is 6. The second-order valence-electron chi connectivity index (χ2n) is 4.06. The standard InChI is InChI=1S/C13H19NO5/c1-5-17-12(15)11(13(16)18-6-2)7-10-8(3)14-19-9(10)4/h11H,5-7H2,1-4H3. The maximum atomic E-state index is 11.8. The highest BCUT2D eigenvalue weighted by atomic mass is 16.6. The van der Waals surface area contributed by atoms with Crippen molar-refractivity contribution in [2.45, 2.75) is 34.1 Å².